The van der Waals surface area contributed by atoms with Crippen LogP contribution in [0.3, 0.4) is 0 Å². The molecule has 3 fully saturated rings. The van der Waals surface area contributed by atoms with Crippen LogP contribution in [0.25, 0.3) is 0 Å². The van der Waals surface area contributed by atoms with Crippen LogP contribution in [0.5, 0.6) is 5.75 Å². The van der Waals surface area contributed by atoms with Crippen LogP contribution < -0.4 is 15.4 Å². The summed E-state index contributed by atoms with van der Waals surface area (Å²) in [5.74, 6) is -5.00. The fraction of sp³-hybridized carbons (Fsp3) is 0.655. The molecule has 0 spiro atoms. The summed E-state index contributed by atoms with van der Waals surface area (Å²) >= 11 is 0. The molecule has 4 aliphatic rings. The van der Waals surface area contributed by atoms with Crippen molar-refractivity contribution < 1.29 is 37.4 Å². The Hall–Kier alpha value is -2.96. The molecular weight excluding hydrogens is 538 g/mol. The Morgan fingerprint density at radius 2 is 1.85 bits per heavy atom. The van der Waals surface area contributed by atoms with Gasteiger partial charge in [0.05, 0.1) is 45.4 Å². The summed E-state index contributed by atoms with van der Waals surface area (Å²) in [7, 11) is 1.55. The Kier molecular flexibility index (Phi) is 8.45. The largest absolute Gasteiger partial charge is 0.497 e. The SMILES string of the molecule is COc1ccc(CC(NC(=O)C(C)NC(=O)CN2CCOCC2)C2=NC(C(=O)C3(C)CO3)CC3CC(F)(F)C23)cc1. The van der Waals surface area contributed by atoms with Crippen LogP contribution in [-0.4, -0.2) is 104 Å². The van der Waals surface area contributed by atoms with Crippen LogP contribution in [0.1, 0.15) is 32.3 Å². The zero-order valence-electron chi connectivity index (χ0n) is 23.7. The predicted octanol–water partition coefficient (Wildman–Crippen LogP) is 1.40. The number of alkyl halides is 2. The van der Waals surface area contributed by atoms with Crippen LogP contribution in [0, 0.1) is 11.8 Å². The predicted molar refractivity (Wildman–Crippen MR) is 145 cm³/mol. The molecule has 5 rings (SSSR count). The lowest BCUT2D eigenvalue weighted by Crippen LogP contribution is -2.62. The van der Waals surface area contributed by atoms with Gasteiger partial charge in [0.25, 0.3) is 5.92 Å². The van der Waals surface area contributed by atoms with E-state index in [9.17, 15) is 23.2 Å². The second kappa shape index (κ2) is 11.7. The van der Waals surface area contributed by atoms with E-state index in [0.29, 0.717) is 32.1 Å². The third-order valence-electron chi connectivity index (χ3n) is 8.53. The topological polar surface area (TPSA) is 122 Å². The van der Waals surface area contributed by atoms with E-state index in [4.69, 9.17) is 14.2 Å². The molecule has 12 heteroatoms. The lowest BCUT2D eigenvalue weighted by atomic mass is 9.61. The van der Waals surface area contributed by atoms with Crippen LogP contribution in [0.4, 0.5) is 8.78 Å². The lowest BCUT2D eigenvalue weighted by Gasteiger charge is -2.50. The smallest absolute Gasteiger partial charge is 0.256 e. The number of hydrogen-bond donors (Lipinski definition) is 2. The monoisotopic (exact) mass is 576 g/mol. The van der Waals surface area contributed by atoms with Gasteiger partial charge in [-0.15, -0.1) is 0 Å². The summed E-state index contributed by atoms with van der Waals surface area (Å²) in [5, 5.41) is 5.59. The highest BCUT2D eigenvalue weighted by Gasteiger charge is 2.62. The highest BCUT2D eigenvalue weighted by molar-refractivity contribution is 6.02. The number of morpholine rings is 1. The van der Waals surface area contributed by atoms with E-state index in [-0.39, 0.29) is 49.8 Å². The summed E-state index contributed by atoms with van der Waals surface area (Å²) in [6.45, 7) is 5.98. The Bertz CT molecular complexity index is 1180. The first-order valence-electron chi connectivity index (χ1n) is 14.2. The van der Waals surface area contributed by atoms with E-state index in [1.54, 1.807) is 45.2 Å². The van der Waals surface area contributed by atoms with Crippen molar-refractivity contribution in [2.75, 3.05) is 46.6 Å². The number of halogens is 2. The Morgan fingerprint density at radius 1 is 1.17 bits per heavy atom. The lowest BCUT2D eigenvalue weighted by molar-refractivity contribution is -0.154. The Balaban J connectivity index is 1.37. The number of ether oxygens (including phenoxy) is 3. The first-order chi connectivity index (χ1) is 19.5. The van der Waals surface area contributed by atoms with Crippen molar-refractivity contribution in [3.8, 4) is 5.75 Å². The third-order valence-corrected chi connectivity index (χ3v) is 8.53. The van der Waals surface area contributed by atoms with Gasteiger partial charge in [-0.1, -0.05) is 12.1 Å². The number of carbonyl (C=O) groups excluding carboxylic acids is 3. The number of methoxy groups -OCH3 is 1. The number of fused-ring (bicyclic) bond motifs is 1. The molecule has 0 aromatic heterocycles. The number of epoxide rings is 1. The minimum atomic E-state index is -2.99. The van der Waals surface area contributed by atoms with Gasteiger partial charge in [-0.25, -0.2) is 8.78 Å². The van der Waals surface area contributed by atoms with E-state index in [0.717, 1.165) is 5.56 Å². The quantitative estimate of drug-likeness (QED) is 0.382. The first-order valence-corrected chi connectivity index (χ1v) is 14.2. The van der Waals surface area contributed by atoms with Gasteiger partial charge in [0.2, 0.25) is 11.8 Å². The van der Waals surface area contributed by atoms with Crippen molar-refractivity contribution >= 4 is 23.3 Å². The maximum Gasteiger partial charge on any atom is 0.256 e. The fourth-order valence-corrected chi connectivity index (χ4v) is 5.97. The maximum absolute atomic E-state index is 15.0. The number of rotatable bonds is 11. The zero-order chi connectivity index (χ0) is 29.4. The second-order valence-corrected chi connectivity index (χ2v) is 11.7. The van der Waals surface area contributed by atoms with Crippen molar-refractivity contribution in [2.24, 2.45) is 16.8 Å². The molecule has 1 aromatic carbocycles. The molecule has 3 aliphatic heterocycles. The number of carbonyl (C=O) groups is 3. The molecule has 41 heavy (non-hydrogen) atoms. The molecular formula is C29H38F2N4O6. The highest BCUT2D eigenvalue weighted by Crippen LogP contribution is 2.54. The van der Waals surface area contributed by atoms with Crippen molar-refractivity contribution in [3.63, 3.8) is 0 Å². The van der Waals surface area contributed by atoms with Gasteiger partial charge in [0.1, 0.15) is 23.4 Å². The molecule has 2 amide bonds. The van der Waals surface area contributed by atoms with Gasteiger partial charge in [-0.3, -0.25) is 24.3 Å². The highest BCUT2D eigenvalue weighted by atomic mass is 19.3. The Labute approximate surface area is 238 Å². The van der Waals surface area contributed by atoms with Crippen LogP contribution >= 0.6 is 0 Å². The number of aliphatic imine (C=N–C) groups is 1. The number of hydrogen-bond acceptors (Lipinski definition) is 8. The fourth-order valence-electron chi connectivity index (χ4n) is 5.97. The van der Waals surface area contributed by atoms with Crippen molar-refractivity contribution in [1.29, 1.82) is 0 Å². The maximum atomic E-state index is 15.0. The summed E-state index contributed by atoms with van der Waals surface area (Å²) < 4.78 is 45.9. The molecule has 1 aromatic rings. The van der Waals surface area contributed by atoms with E-state index < -0.39 is 47.4 Å². The minimum Gasteiger partial charge on any atom is -0.497 e. The number of benzene rings is 1. The molecule has 2 saturated heterocycles. The van der Waals surface area contributed by atoms with Crippen molar-refractivity contribution in [1.82, 2.24) is 15.5 Å². The molecule has 0 bridgehead atoms. The van der Waals surface area contributed by atoms with Gasteiger partial charge < -0.3 is 24.8 Å². The Morgan fingerprint density at radius 3 is 2.46 bits per heavy atom. The molecule has 6 atom stereocenters. The molecule has 0 radical (unpaired) electrons. The summed E-state index contributed by atoms with van der Waals surface area (Å²) in [6.07, 6.45) is 0.0883. The molecule has 224 valence electrons. The second-order valence-electron chi connectivity index (χ2n) is 11.7. The molecule has 10 nitrogen and oxygen atoms in total. The molecule has 3 heterocycles. The van der Waals surface area contributed by atoms with Crippen LogP contribution in [0.2, 0.25) is 0 Å². The number of nitrogens with zero attached hydrogens (tertiary/aromatic N) is 2. The first kappa shape index (κ1) is 29.5. The number of Topliss-reactive ketones (excluding diaryl/α,β-unsaturated/α-hetero) is 1. The molecule has 2 N–H and O–H groups in total. The van der Waals surface area contributed by atoms with Crippen molar-refractivity contribution in [2.45, 2.75) is 62.8 Å². The third kappa shape index (κ3) is 6.60. The summed E-state index contributed by atoms with van der Waals surface area (Å²) in [6, 6.07) is 4.47. The van der Waals surface area contributed by atoms with Gasteiger partial charge in [0.15, 0.2) is 5.78 Å². The molecule has 1 aliphatic carbocycles. The number of amides is 2. The van der Waals surface area contributed by atoms with E-state index in [2.05, 4.69) is 15.6 Å². The van der Waals surface area contributed by atoms with Gasteiger partial charge >= 0.3 is 0 Å². The van der Waals surface area contributed by atoms with Gasteiger partial charge in [-0.2, -0.15) is 0 Å². The minimum absolute atomic E-state index is 0.121. The summed E-state index contributed by atoms with van der Waals surface area (Å²) in [4.78, 5) is 45.7. The number of ketones is 1. The van der Waals surface area contributed by atoms with Crippen molar-refractivity contribution in [3.05, 3.63) is 29.8 Å². The van der Waals surface area contributed by atoms with E-state index >= 15 is 0 Å². The zero-order valence-corrected chi connectivity index (χ0v) is 23.7. The molecule has 1 saturated carbocycles. The van der Waals surface area contributed by atoms with E-state index in [1.165, 1.54) is 0 Å². The van der Waals surface area contributed by atoms with Crippen LogP contribution in [0.15, 0.2) is 29.3 Å². The van der Waals surface area contributed by atoms with Gasteiger partial charge in [0, 0.05) is 25.2 Å². The summed E-state index contributed by atoms with van der Waals surface area (Å²) in [5.41, 5.74) is -0.0455. The van der Waals surface area contributed by atoms with E-state index in [1.807, 2.05) is 4.90 Å². The average molecular weight is 577 g/mol. The number of nitrogens with one attached hydrogen (secondary N) is 2. The van der Waals surface area contributed by atoms with Crippen LogP contribution in [-0.2, 0) is 30.3 Å². The standard InChI is InChI=1S/C29H38F2N4O6/c1-17(32-23(36)15-35-8-10-40-11-9-35)27(38)34-21(12-18-4-6-20(39-3)7-5-18)25-24-19(14-29(24,30)31)13-22(33-25)26(37)28(2)16-41-28/h4-7,17,19,21-22,24H,8-16H2,1-3H3,(H,32,36)(H,34,38). The normalized spacial score (nSPS) is 30.1. The van der Waals surface area contributed by atoms with Gasteiger partial charge in [-0.05, 0) is 50.3 Å². The average Bonchev–Trinajstić information content (AvgIpc) is 3.70. The molecule has 6 unspecified atom stereocenters.